The molecule has 0 aliphatic carbocycles. The average Bonchev–Trinajstić information content (AvgIpc) is 2.41. The molecule has 0 spiro atoms. The highest BCUT2D eigenvalue weighted by molar-refractivity contribution is 7.99. The summed E-state index contributed by atoms with van der Waals surface area (Å²) in [4.78, 5) is 0. The Hall–Kier alpha value is -0.150. The highest BCUT2D eigenvalue weighted by atomic mass is 35.5. The van der Waals surface area contributed by atoms with Crippen LogP contribution in [0.25, 0.3) is 0 Å². The van der Waals surface area contributed by atoms with Crippen molar-refractivity contribution in [3.05, 3.63) is 11.8 Å². The quantitative estimate of drug-likeness (QED) is 0.571. The van der Waals surface area contributed by atoms with Crippen LogP contribution in [0.15, 0.2) is 11.1 Å². The fraction of sp³-hybridized carbons (Fsp3) is 0.667. The molecule has 0 aromatic carbocycles. The van der Waals surface area contributed by atoms with Gasteiger partial charge in [-0.1, -0.05) is 6.92 Å². The molecule has 1 aromatic heterocycles. The minimum absolute atomic E-state index is 0.557. The van der Waals surface area contributed by atoms with Gasteiger partial charge in [0.25, 0.3) is 0 Å². The fourth-order valence-corrected chi connectivity index (χ4v) is 2.29. The van der Waals surface area contributed by atoms with E-state index in [-0.39, 0.29) is 0 Å². The van der Waals surface area contributed by atoms with Gasteiger partial charge in [-0.05, 0) is 18.9 Å². The van der Waals surface area contributed by atoms with E-state index in [1.807, 2.05) is 30.4 Å². The van der Waals surface area contributed by atoms with Crippen molar-refractivity contribution in [2.75, 3.05) is 11.6 Å². The van der Waals surface area contributed by atoms with Gasteiger partial charge in [-0.3, -0.25) is 4.68 Å². The molecule has 0 aliphatic rings. The van der Waals surface area contributed by atoms with Crippen molar-refractivity contribution in [1.82, 2.24) is 9.78 Å². The van der Waals surface area contributed by atoms with E-state index < -0.39 is 0 Å². The lowest BCUT2D eigenvalue weighted by Gasteiger charge is -2.05. The Morgan fingerprint density at radius 2 is 2.38 bits per heavy atom. The summed E-state index contributed by atoms with van der Waals surface area (Å²) in [6.45, 7) is 4.16. The van der Waals surface area contributed by atoms with Crippen LogP contribution in [0.5, 0.6) is 0 Å². The first-order valence-corrected chi connectivity index (χ1v) is 5.85. The number of alkyl halides is 1. The summed E-state index contributed by atoms with van der Waals surface area (Å²) in [5, 5.41) is 5.49. The van der Waals surface area contributed by atoms with E-state index in [0.29, 0.717) is 5.92 Å². The van der Waals surface area contributed by atoms with Crippen LogP contribution >= 0.6 is 23.4 Å². The van der Waals surface area contributed by atoms with E-state index in [1.54, 1.807) is 0 Å². The maximum atomic E-state index is 5.73. The molecule has 2 nitrogen and oxygen atoms in total. The third kappa shape index (κ3) is 3.24. The number of rotatable bonds is 4. The molecule has 1 aromatic rings. The van der Waals surface area contributed by atoms with Gasteiger partial charge in [-0.25, -0.2) is 0 Å². The second-order valence-corrected chi connectivity index (χ2v) is 4.67. The van der Waals surface area contributed by atoms with Crippen LogP contribution in [-0.2, 0) is 7.05 Å². The molecule has 4 heteroatoms. The molecule has 13 heavy (non-hydrogen) atoms. The fourth-order valence-electron chi connectivity index (χ4n) is 0.994. The van der Waals surface area contributed by atoms with Crippen LogP contribution in [0.3, 0.4) is 0 Å². The molecule has 1 unspecified atom stereocenters. The van der Waals surface area contributed by atoms with Crippen molar-refractivity contribution in [1.29, 1.82) is 0 Å². The van der Waals surface area contributed by atoms with Crippen LogP contribution in [0, 0.1) is 12.8 Å². The summed E-state index contributed by atoms with van der Waals surface area (Å²) in [5.74, 6) is 2.34. The Balaban J connectivity index is 2.49. The maximum absolute atomic E-state index is 5.73. The zero-order valence-corrected chi connectivity index (χ0v) is 9.82. The van der Waals surface area contributed by atoms with Crippen LogP contribution in [-0.4, -0.2) is 21.4 Å². The number of hydrogen-bond acceptors (Lipinski definition) is 2. The second-order valence-electron chi connectivity index (χ2n) is 3.32. The van der Waals surface area contributed by atoms with Crippen LogP contribution < -0.4 is 0 Å². The minimum Gasteiger partial charge on any atom is -0.262 e. The monoisotopic (exact) mass is 218 g/mol. The smallest absolute Gasteiger partial charge is 0.0939 e. The lowest BCUT2D eigenvalue weighted by molar-refractivity contribution is 0.688. The molecule has 74 valence electrons. The first-order valence-electron chi connectivity index (χ1n) is 4.33. The van der Waals surface area contributed by atoms with Gasteiger partial charge in [0.15, 0.2) is 0 Å². The summed E-state index contributed by atoms with van der Waals surface area (Å²) >= 11 is 7.54. The van der Waals surface area contributed by atoms with E-state index in [2.05, 4.69) is 18.1 Å². The van der Waals surface area contributed by atoms with Gasteiger partial charge in [-0.15, -0.1) is 23.4 Å². The molecule has 1 rings (SSSR count). The number of aromatic nitrogens is 2. The normalized spacial score (nSPS) is 13.2. The van der Waals surface area contributed by atoms with Crippen molar-refractivity contribution in [2.24, 2.45) is 13.0 Å². The molecule has 0 aliphatic heterocycles. The molecule has 1 heterocycles. The van der Waals surface area contributed by atoms with Gasteiger partial charge in [0.05, 0.1) is 10.7 Å². The topological polar surface area (TPSA) is 17.8 Å². The maximum Gasteiger partial charge on any atom is 0.0939 e. The molecule has 0 N–H and O–H groups in total. The highest BCUT2D eigenvalue weighted by Crippen LogP contribution is 2.21. The third-order valence-electron chi connectivity index (χ3n) is 1.74. The summed E-state index contributed by atoms with van der Waals surface area (Å²) in [5.41, 5.74) is 1.07. The Bertz CT molecular complexity index is 273. The number of thioether (sulfide) groups is 1. The van der Waals surface area contributed by atoms with Crippen LogP contribution in [0.4, 0.5) is 0 Å². The predicted octanol–water partition coefficient (Wildman–Crippen LogP) is 2.70. The summed E-state index contributed by atoms with van der Waals surface area (Å²) < 4.78 is 1.92. The van der Waals surface area contributed by atoms with Crippen molar-refractivity contribution in [3.8, 4) is 0 Å². The first-order chi connectivity index (χ1) is 6.13. The first kappa shape index (κ1) is 10.9. The van der Waals surface area contributed by atoms with Gasteiger partial charge in [0, 0.05) is 18.7 Å². The Morgan fingerprint density at radius 3 is 2.85 bits per heavy atom. The van der Waals surface area contributed by atoms with Gasteiger partial charge < -0.3 is 0 Å². The van der Waals surface area contributed by atoms with E-state index in [1.165, 1.54) is 5.03 Å². The zero-order valence-electron chi connectivity index (χ0n) is 8.25. The molecular formula is C9H15ClN2S. The molecule has 0 saturated carbocycles. The minimum atomic E-state index is 0.557. The zero-order chi connectivity index (χ0) is 9.84. The van der Waals surface area contributed by atoms with Crippen LogP contribution in [0.2, 0.25) is 0 Å². The molecule has 0 fully saturated rings. The molecular weight excluding hydrogens is 204 g/mol. The number of hydrogen-bond donors (Lipinski definition) is 0. The summed E-state index contributed by atoms with van der Waals surface area (Å²) in [7, 11) is 1.97. The predicted molar refractivity (Wildman–Crippen MR) is 58.6 cm³/mol. The summed E-state index contributed by atoms with van der Waals surface area (Å²) in [6, 6.07) is 2.10. The Labute approximate surface area is 88.7 Å². The Kier molecular flexibility index (Phi) is 4.13. The summed E-state index contributed by atoms with van der Waals surface area (Å²) in [6.07, 6.45) is 0. The molecule has 0 radical (unpaired) electrons. The SMILES string of the molecule is Cc1cc(SCC(C)CCl)n(C)n1. The lowest BCUT2D eigenvalue weighted by Crippen LogP contribution is -2.00. The third-order valence-corrected chi connectivity index (χ3v) is 3.68. The standard InChI is InChI=1S/C9H15ClN2S/c1-7(5-10)6-13-9-4-8(2)11-12(9)3/h4,7H,5-6H2,1-3H3. The molecule has 1 atom stereocenters. The number of nitrogens with zero attached hydrogens (tertiary/aromatic N) is 2. The largest absolute Gasteiger partial charge is 0.262 e. The second kappa shape index (κ2) is 4.91. The molecule has 0 amide bonds. The lowest BCUT2D eigenvalue weighted by atomic mass is 10.3. The van der Waals surface area contributed by atoms with Crippen molar-refractivity contribution in [3.63, 3.8) is 0 Å². The van der Waals surface area contributed by atoms with E-state index in [0.717, 1.165) is 17.3 Å². The van der Waals surface area contributed by atoms with Crippen molar-refractivity contribution in [2.45, 2.75) is 18.9 Å². The highest BCUT2D eigenvalue weighted by Gasteiger charge is 2.05. The molecule has 0 saturated heterocycles. The Morgan fingerprint density at radius 1 is 1.69 bits per heavy atom. The molecule has 0 bridgehead atoms. The van der Waals surface area contributed by atoms with Crippen molar-refractivity contribution < 1.29 is 0 Å². The van der Waals surface area contributed by atoms with Gasteiger partial charge in [0.2, 0.25) is 0 Å². The van der Waals surface area contributed by atoms with E-state index >= 15 is 0 Å². The van der Waals surface area contributed by atoms with E-state index in [9.17, 15) is 0 Å². The van der Waals surface area contributed by atoms with Gasteiger partial charge in [0.1, 0.15) is 0 Å². The number of halogens is 1. The van der Waals surface area contributed by atoms with Gasteiger partial charge in [-0.2, -0.15) is 5.10 Å². The average molecular weight is 219 g/mol. The van der Waals surface area contributed by atoms with Crippen molar-refractivity contribution >= 4 is 23.4 Å². The number of aryl methyl sites for hydroxylation is 2. The van der Waals surface area contributed by atoms with E-state index in [4.69, 9.17) is 11.6 Å². The van der Waals surface area contributed by atoms with Crippen LogP contribution in [0.1, 0.15) is 12.6 Å². The van der Waals surface area contributed by atoms with Gasteiger partial charge >= 0.3 is 0 Å².